The molecule has 1 aliphatic heterocycles. The summed E-state index contributed by atoms with van der Waals surface area (Å²) >= 11 is 5.80. The number of hydrogen-bond acceptors (Lipinski definition) is 2. The molecule has 2 unspecified atom stereocenters. The third kappa shape index (κ3) is 2.73. The molecule has 1 nitrogen and oxygen atoms in total. The summed E-state index contributed by atoms with van der Waals surface area (Å²) in [6.45, 7) is 3.23. The van der Waals surface area contributed by atoms with Crippen LogP contribution in [0.1, 0.15) is 32.6 Å². The monoisotopic (exact) mass is 292 g/mol. The molecule has 1 saturated heterocycles. The van der Waals surface area contributed by atoms with Gasteiger partial charge in [0.2, 0.25) is 0 Å². The van der Waals surface area contributed by atoms with Crippen LogP contribution < -0.4 is 0 Å². The maximum atomic E-state index is 5.98. The van der Waals surface area contributed by atoms with Gasteiger partial charge in [0.05, 0.1) is 6.10 Å². The average Bonchev–Trinajstić information content (AvgIpc) is 3.01. The van der Waals surface area contributed by atoms with Crippen LogP contribution in [0.3, 0.4) is 0 Å². The zero-order valence-corrected chi connectivity index (χ0v) is 11.9. The summed E-state index contributed by atoms with van der Waals surface area (Å²) in [5.74, 6) is 3.43. The van der Waals surface area contributed by atoms with Crippen molar-refractivity contribution >= 4 is 27.7 Å². The maximum absolute atomic E-state index is 5.98. The van der Waals surface area contributed by atoms with Gasteiger partial charge in [-0.25, -0.2) is 0 Å². The summed E-state index contributed by atoms with van der Waals surface area (Å²) < 4.78 is 5.98. The molecule has 0 bridgehead atoms. The number of rotatable bonds is 6. The molecule has 0 spiro atoms. The molecule has 2 atom stereocenters. The number of hydrogen-bond donors (Lipinski definition) is 0. The molecule has 0 radical (unpaired) electrons. The first kappa shape index (κ1) is 12.3. The highest BCUT2D eigenvalue weighted by Gasteiger charge is 2.49. The summed E-state index contributed by atoms with van der Waals surface area (Å²) in [4.78, 5) is 0. The van der Waals surface area contributed by atoms with E-state index >= 15 is 0 Å². The molecule has 0 amide bonds. The largest absolute Gasteiger partial charge is 0.377 e. The van der Waals surface area contributed by atoms with Gasteiger partial charge in [-0.2, -0.15) is 11.8 Å². The van der Waals surface area contributed by atoms with Crippen LogP contribution in [0.5, 0.6) is 0 Å². The van der Waals surface area contributed by atoms with Crippen molar-refractivity contribution in [3.63, 3.8) is 0 Å². The van der Waals surface area contributed by atoms with Gasteiger partial charge in [0, 0.05) is 17.4 Å². The van der Waals surface area contributed by atoms with E-state index in [2.05, 4.69) is 34.6 Å². The van der Waals surface area contributed by atoms with Crippen molar-refractivity contribution in [1.82, 2.24) is 0 Å². The van der Waals surface area contributed by atoms with E-state index in [-0.39, 0.29) is 0 Å². The first-order chi connectivity index (χ1) is 7.32. The summed E-state index contributed by atoms with van der Waals surface area (Å²) in [5.41, 5.74) is 0.462. The lowest BCUT2D eigenvalue weighted by atomic mass is 9.78. The van der Waals surface area contributed by atoms with Crippen LogP contribution in [0.25, 0.3) is 0 Å². The van der Waals surface area contributed by atoms with Crippen molar-refractivity contribution in [2.24, 2.45) is 11.3 Å². The highest BCUT2D eigenvalue weighted by atomic mass is 79.9. The lowest BCUT2D eigenvalue weighted by Crippen LogP contribution is -2.35. The Kier molecular flexibility index (Phi) is 4.42. The molecule has 88 valence electrons. The minimum absolute atomic E-state index is 0.462. The quantitative estimate of drug-likeness (QED) is 0.545. The van der Waals surface area contributed by atoms with Crippen LogP contribution in [-0.2, 0) is 4.74 Å². The van der Waals surface area contributed by atoms with E-state index in [1.54, 1.807) is 0 Å². The third-order valence-corrected chi connectivity index (χ3v) is 5.78. The number of halogens is 1. The molecule has 2 rings (SSSR count). The zero-order chi connectivity index (χ0) is 10.7. The van der Waals surface area contributed by atoms with Gasteiger partial charge >= 0.3 is 0 Å². The van der Waals surface area contributed by atoms with Crippen molar-refractivity contribution in [2.75, 3.05) is 23.4 Å². The summed E-state index contributed by atoms with van der Waals surface area (Å²) in [6.07, 6.45) is 5.97. The average molecular weight is 293 g/mol. The standard InChI is InChI=1S/C12H21BrOS/c1-2-15-8-6-12(9-13)5-7-14-11(12)10-3-4-10/h10-11H,2-9H2,1H3. The second-order valence-electron chi connectivity index (χ2n) is 4.82. The minimum Gasteiger partial charge on any atom is -0.377 e. The zero-order valence-electron chi connectivity index (χ0n) is 9.51. The summed E-state index contributed by atoms with van der Waals surface area (Å²) in [6, 6.07) is 0. The van der Waals surface area contributed by atoms with E-state index in [9.17, 15) is 0 Å². The first-order valence-electron chi connectivity index (χ1n) is 6.08. The third-order valence-electron chi connectivity index (χ3n) is 3.77. The molecule has 2 aliphatic rings. The molecule has 1 aliphatic carbocycles. The van der Waals surface area contributed by atoms with Gasteiger partial charge in [-0.15, -0.1) is 0 Å². The molecule has 0 aromatic heterocycles. The molecular weight excluding hydrogens is 272 g/mol. The van der Waals surface area contributed by atoms with Gasteiger partial charge in [0.25, 0.3) is 0 Å². The van der Waals surface area contributed by atoms with Crippen LogP contribution in [0.4, 0.5) is 0 Å². The smallest absolute Gasteiger partial charge is 0.0668 e. The van der Waals surface area contributed by atoms with Crippen molar-refractivity contribution in [3.05, 3.63) is 0 Å². The second-order valence-corrected chi connectivity index (χ2v) is 6.78. The van der Waals surface area contributed by atoms with Gasteiger partial charge in [-0.3, -0.25) is 0 Å². The lowest BCUT2D eigenvalue weighted by molar-refractivity contribution is 0.0402. The van der Waals surface area contributed by atoms with E-state index in [0.29, 0.717) is 11.5 Å². The molecule has 15 heavy (non-hydrogen) atoms. The van der Waals surface area contributed by atoms with E-state index in [0.717, 1.165) is 17.9 Å². The Labute approximate surface area is 106 Å². The van der Waals surface area contributed by atoms with Gasteiger partial charge < -0.3 is 4.74 Å². The normalized spacial score (nSPS) is 36.0. The summed E-state index contributed by atoms with van der Waals surface area (Å²) in [7, 11) is 0. The van der Waals surface area contributed by atoms with Crippen LogP contribution in [0.2, 0.25) is 0 Å². The predicted octanol–water partition coefficient (Wildman–Crippen LogP) is 3.71. The van der Waals surface area contributed by atoms with E-state index in [1.165, 1.54) is 37.2 Å². The van der Waals surface area contributed by atoms with Crippen LogP contribution in [-0.4, -0.2) is 29.5 Å². The summed E-state index contributed by atoms with van der Waals surface area (Å²) in [5, 5.41) is 1.13. The molecule has 3 heteroatoms. The fourth-order valence-corrected chi connectivity index (χ4v) is 4.36. The second kappa shape index (κ2) is 5.42. The highest BCUT2D eigenvalue weighted by molar-refractivity contribution is 9.09. The van der Waals surface area contributed by atoms with Crippen LogP contribution >= 0.6 is 27.7 Å². The Balaban J connectivity index is 1.92. The van der Waals surface area contributed by atoms with E-state index in [4.69, 9.17) is 4.74 Å². The van der Waals surface area contributed by atoms with Gasteiger partial charge in [-0.1, -0.05) is 22.9 Å². The lowest BCUT2D eigenvalue weighted by Gasteiger charge is -2.32. The Morgan fingerprint density at radius 2 is 2.27 bits per heavy atom. The van der Waals surface area contributed by atoms with Crippen molar-refractivity contribution < 1.29 is 4.74 Å². The predicted molar refractivity (Wildman–Crippen MR) is 70.9 cm³/mol. The number of thioether (sulfide) groups is 1. The Morgan fingerprint density at radius 3 is 2.87 bits per heavy atom. The first-order valence-corrected chi connectivity index (χ1v) is 8.35. The number of ether oxygens (including phenoxy) is 1. The Hall–Kier alpha value is 0.790. The molecule has 0 aromatic rings. The van der Waals surface area contributed by atoms with Gasteiger partial charge in [0.1, 0.15) is 0 Å². The molecule has 0 aromatic carbocycles. The van der Waals surface area contributed by atoms with E-state index in [1.807, 2.05) is 0 Å². The molecular formula is C12H21BrOS. The molecule has 1 saturated carbocycles. The SMILES string of the molecule is CCSCCC1(CBr)CCOC1C1CC1. The Bertz CT molecular complexity index is 208. The van der Waals surface area contributed by atoms with Crippen molar-refractivity contribution in [2.45, 2.75) is 38.7 Å². The van der Waals surface area contributed by atoms with Crippen molar-refractivity contribution in [1.29, 1.82) is 0 Å². The van der Waals surface area contributed by atoms with Crippen molar-refractivity contribution in [3.8, 4) is 0 Å². The molecule has 1 heterocycles. The highest BCUT2D eigenvalue weighted by Crippen LogP contribution is 2.50. The molecule has 2 fully saturated rings. The van der Waals surface area contributed by atoms with Crippen LogP contribution in [0.15, 0.2) is 0 Å². The number of alkyl halides is 1. The maximum Gasteiger partial charge on any atom is 0.0668 e. The molecule has 0 N–H and O–H groups in total. The van der Waals surface area contributed by atoms with Crippen LogP contribution in [0, 0.1) is 11.3 Å². The topological polar surface area (TPSA) is 9.23 Å². The van der Waals surface area contributed by atoms with Gasteiger partial charge in [0.15, 0.2) is 0 Å². The minimum atomic E-state index is 0.462. The fourth-order valence-electron chi connectivity index (χ4n) is 2.64. The fraction of sp³-hybridized carbons (Fsp3) is 1.00. The Morgan fingerprint density at radius 1 is 1.47 bits per heavy atom. The van der Waals surface area contributed by atoms with Gasteiger partial charge in [-0.05, 0) is 43.1 Å². The van der Waals surface area contributed by atoms with E-state index < -0.39 is 0 Å².